The SMILES string of the molecule is CCc1cc(-c2noc(-c3cc(C)nc(OC(C)C)n3)n2)cc(C)c1OCC(O)CNC(=O)CO. The maximum absolute atomic E-state index is 11.1. The van der Waals surface area contributed by atoms with E-state index in [2.05, 4.69) is 25.4 Å². The molecule has 1 atom stereocenters. The number of aryl methyl sites for hydroxylation is 3. The van der Waals surface area contributed by atoms with Crippen molar-refractivity contribution in [3.63, 3.8) is 0 Å². The normalized spacial score (nSPS) is 12.0. The van der Waals surface area contributed by atoms with Gasteiger partial charge >= 0.3 is 6.01 Å². The Balaban J connectivity index is 1.79. The monoisotopic (exact) mass is 485 g/mol. The summed E-state index contributed by atoms with van der Waals surface area (Å²) in [6, 6.07) is 5.79. The highest BCUT2D eigenvalue weighted by Crippen LogP contribution is 2.31. The number of hydrogen-bond donors (Lipinski definition) is 3. The van der Waals surface area contributed by atoms with Crippen LogP contribution in [0.4, 0.5) is 0 Å². The van der Waals surface area contributed by atoms with Crippen LogP contribution in [0.1, 0.15) is 37.6 Å². The van der Waals surface area contributed by atoms with Crippen LogP contribution in [0.25, 0.3) is 23.0 Å². The first-order chi connectivity index (χ1) is 16.7. The van der Waals surface area contributed by atoms with Crippen LogP contribution in [-0.2, 0) is 11.2 Å². The first kappa shape index (κ1) is 26.0. The molecule has 2 aromatic heterocycles. The van der Waals surface area contributed by atoms with E-state index >= 15 is 0 Å². The summed E-state index contributed by atoms with van der Waals surface area (Å²) in [6.07, 6.45) is -0.318. The van der Waals surface area contributed by atoms with Crippen molar-refractivity contribution in [3.8, 4) is 34.7 Å². The van der Waals surface area contributed by atoms with E-state index in [0.29, 0.717) is 29.4 Å². The first-order valence-corrected chi connectivity index (χ1v) is 11.4. The third-order valence-corrected chi connectivity index (χ3v) is 4.91. The van der Waals surface area contributed by atoms with E-state index in [4.69, 9.17) is 19.1 Å². The van der Waals surface area contributed by atoms with Crippen LogP contribution in [0.15, 0.2) is 22.7 Å². The Bertz CT molecular complexity index is 1160. The Kier molecular flexibility index (Phi) is 8.72. The topological polar surface area (TPSA) is 153 Å². The van der Waals surface area contributed by atoms with Crippen LogP contribution in [-0.4, -0.2) is 68.2 Å². The second kappa shape index (κ2) is 11.7. The van der Waals surface area contributed by atoms with Crippen molar-refractivity contribution in [1.29, 1.82) is 0 Å². The Labute approximate surface area is 203 Å². The molecule has 0 bridgehead atoms. The number of amides is 1. The van der Waals surface area contributed by atoms with Gasteiger partial charge in [-0.3, -0.25) is 4.79 Å². The molecular weight excluding hydrogens is 454 g/mol. The van der Waals surface area contributed by atoms with Gasteiger partial charge in [0.25, 0.3) is 5.89 Å². The van der Waals surface area contributed by atoms with Gasteiger partial charge in [-0.1, -0.05) is 12.1 Å². The van der Waals surface area contributed by atoms with Crippen molar-refractivity contribution in [2.45, 2.75) is 53.2 Å². The lowest BCUT2D eigenvalue weighted by Gasteiger charge is -2.17. The molecule has 188 valence electrons. The van der Waals surface area contributed by atoms with E-state index in [1.165, 1.54) is 0 Å². The number of aromatic nitrogens is 4. The molecule has 1 unspecified atom stereocenters. The summed E-state index contributed by atoms with van der Waals surface area (Å²) < 4.78 is 16.9. The van der Waals surface area contributed by atoms with Gasteiger partial charge in [0.05, 0.1) is 6.10 Å². The maximum Gasteiger partial charge on any atom is 0.317 e. The average Bonchev–Trinajstić information content (AvgIpc) is 3.31. The number of aliphatic hydroxyl groups excluding tert-OH is 2. The smallest absolute Gasteiger partial charge is 0.317 e. The molecule has 0 radical (unpaired) electrons. The number of aliphatic hydroxyl groups is 2. The van der Waals surface area contributed by atoms with Gasteiger partial charge < -0.3 is 29.5 Å². The first-order valence-electron chi connectivity index (χ1n) is 11.4. The van der Waals surface area contributed by atoms with Gasteiger partial charge in [0, 0.05) is 17.8 Å². The standard InChI is InChI=1S/C24H31N5O6/c1-6-16-9-17(7-14(4)21(16)33-12-18(31)10-25-20(32)11-30)22-28-23(35-29-22)19-8-15(5)26-24(27-19)34-13(2)3/h7-9,13,18,30-31H,6,10-12H2,1-5H3,(H,25,32). The minimum atomic E-state index is -0.921. The molecule has 1 amide bonds. The van der Waals surface area contributed by atoms with Crippen LogP contribution in [0.3, 0.4) is 0 Å². The van der Waals surface area contributed by atoms with Gasteiger partial charge in [-0.15, -0.1) is 0 Å². The summed E-state index contributed by atoms with van der Waals surface area (Å²) >= 11 is 0. The molecule has 3 rings (SSSR count). The number of benzene rings is 1. The van der Waals surface area contributed by atoms with Crippen molar-refractivity contribution < 1.29 is 29.0 Å². The van der Waals surface area contributed by atoms with Gasteiger partial charge in [-0.25, -0.2) is 4.98 Å². The summed E-state index contributed by atoms with van der Waals surface area (Å²) in [4.78, 5) is 24.3. The van der Waals surface area contributed by atoms with Gasteiger partial charge in [0.1, 0.15) is 30.8 Å². The molecule has 3 aromatic rings. The molecule has 0 spiro atoms. The molecule has 35 heavy (non-hydrogen) atoms. The minimum Gasteiger partial charge on any atom is -0.490 e. The summed E-state index contributed by atoms with van der Waals surface area (Å²) in [7, 11) is 0. The predicted molar refractivity (Wildman–Crippen MR) is 127 cm³/mol. The molecule has 0 aliphatic heterocycles. The van der Waals surface area contributed by atoms with E-state index in [9.17, 15) is 9.90 Å². The number of ether oxygens (including phenoxy) is 2. The van der Waals surface area contributed by atoms with E-state index in [-0.39, 0.29) is 31.2 Å². The van der Waals surface area contributed by atoms with Crippen LogP contribution in [0.2, 0.25) is 0 Å². The van der Waals surface area contributed by atoms with E-state index in [1.807, 2.05) is 46.8 Å². The van der Waals surface area contributed by atoms with Crippen LogP contribution < -0.4 is 14.8 Å². The highest BCUT2D eigenvalue weighted by atomic mass is 16.5. The van der Waals surface area contributed by atoms with Crippen molar-refractivity contribution >= 4 is 5.91 Å². The maximum atomic E-state index is 11.1. The number of rotatable bonds is 11. The number of nitrogens with zero attached hydrogens (tertiary/aromatic N) is 4. The molecule has 2 heterocycles. The van der Waals surface area contributed by atoms with Crippen LogP contribution in [0, 0.1) is 13.8 Å². The molecule has 1 aromatic carbocycles. The fraction of sp³-hybridized carbons (Fsp3) is 0.458. The second-order valence-corrected chi connectivity index (χ2v) is 8.33. The lowest BCUT2D eigenvalue weighted by molar-refractivity contribution is -0.124. The molecule has 11 heteroatoms. The lowest BCUT2D eigenvalue weighted by Crippen LogP contribution is -2.36. The zero-order valence-corrected chi connectivity index (χ0v) is 20.5. The van der Waals surface area contributed by atoms with Crippen molar-refractivity contribution in [1.82, 2.24) is 25.4 Å². The van der Waals surface area contributed by atoms with E-state index in [1.54, 1.807) is 6.07 Å². The fourth-order valence-electron chi connectivity index (χ4n) is 3.33. The number of nitrogens with one attached hydrogen (secondary N) is 1. The number of carbonyl (C=O) groups excluding carboxylic acids is 1. The Morgan fingerprint density at radius 2 is 1.94 bits per heavy atom. The zero-order valence-electron chi connectivity index (χ0n) is 20.5. The Hall–Kier alpha value is -3.57. The molecule has 0 aliphatic carbocycles. The summed E-state index contributed by atoms with van der Waals surface area (Å²) in [5.41, 5.74) is 3.68. The largest absolute Gasteiger partial charge is 0.490 e. The number of carbonyl (C=O) groups is 1. The quantitative estimate of drug-likeness (QED) is 0.367. The van der Waals surface area contributed by atoms with Gasteiger partial charge in [0.15, 0.2) is 0 Å². The zero-order chi connectivity index (χ0) is 25.5. The van der Waals surface area contributed by atoms with E-state index in [0.717, 1.165) is 16.7 Å². The molecule has 0 aliphatic rings. The summed E-state index contributed by atoms with van der Waals surface area (Å²) in [5, 5.41) is 25.4. The highest BCUT2D eigenvalue weighted by molar-refractivity contribution is 5.76. The molecule has 11 nitrogen and oxygen atoms in total. The fourth-order valence-corrected chi connectivity index (χ4v) is 3.33. The second-order valence-electron chi connectivity index (χ2n) is 8.33. The van der Waals surface area contributed by atoms with Crippen LogP contribution in [0.5, 0.6) is 11.8 Å². The molecular formula is C24H31N5O6. The molecule has 0 fully saturated rings. The molecule has 0 saturated heterocycles. The summed E-state index contributed by atoms with van der Waals surface area (Å²) in [5.74, 6) is 0.746. The van der Waals surface area contributed by atoms with Gasteiger partial charge in [0.2, 0.25) is 11.7 Å². The predicted octanol–water partition coefficient (Wildman–Crippen LogP) is 2.01. The minimum absolute atomic E-state index is 0.0148. The van der Waals surface area contributed by atoms with E-state index < -0.39 is 18.6 Å². The number of hydrogen-bond acceptors (Lipinski definition) is 10. The molecule has 0 saturated carbocycles. The third kappa shape index (κ3) is 6.96. The summed E-state index contributed by atoms with van der Waals surface area (Å²) in [6.45, 7) is 8.85. The van der Waals surface area contributed by atoms with Crippen molar-refractivity contribution in [2.75, 3.05) is 19.8 Å². The highest BCUT2D eigenvalue weighted by Gasteiger charge is 2.18. The van der Waals surface area contributed by atoms with Crippen LogP contribution >= 0.6 is 0 Å². The Morgan fingerprint density at radius 3 is 2.63 bits per heavy atom. The van der Waals surface area contributed by atoms with Gasteiger partial charge in [-0.2, -0.15) is 9.97 Å². The van der Waals surface area contributed by atoms with Gasteiger partial charge in [-0.05, 0) is 63.4 Å². The average molecular weight is 486 g/mol. The lowest BCUT2D eigenvalue weighted by atomic mass is 10.0. The van der Waals surface area contributed by atoms with Crippen molar-refractivity contribution in [3.05, 3.63) is 35.0 Å². The third-order valence-electron chi connectivity index (χ3n) is 4.91. The Morgan fingerprint density at radius 1 is 1.17 bits per heavy atom. The molecule has 3 N–H and O–H groups in total. The van der Waals surface area contributed by atoms with Crippen molar-refractivity contribution in [2.24, 2.45) is 0 Å².